The van der Waals surface area contributed by atoms with Crippen molar-refractivity contribution in [3.05, 3.63) is 35.0 Å². The predicted octanol–water partition coefficient (Wildman–Crippen LogP) is 2.69. The number of carbonyl (C=O) groups is 1. The van der Waals surface area contributed by atoms with Gasteiger partial charge in [0.2, 0.25) is 0 Å². The maximum atomic E-state index is 10.6. The molecule has 3 nitrogen and oxygen atoms in total. The van der Waals surface area contributed by atoms with Gasteiger partial charge in [-0.05, 0) is 30.7 Å². The van der Waals surface area contributed by atoms with E-state index in [9.17, 15) is 4.79 Å². The summed E-state index contributed by atoms with van der Waals surface area (Å²) in [7, 11) is 0. The van der Waals surface area contributed by atoms with E-state index in [0.717, 1.165) is 16.5 Å². The van der Waals surface area contributed by atoms with Crippen LogP contribution in [0, 0.1) is 6.92 Å². The van der Waals surface area contributed by atoms with E-state index in [4.69, 9.17) is 16.7 Å². The summed E-state index contributed by atoms with van der Waals surface area (Å²) in [5.41, 5.74) is 1.94. The average molecular weight is 224 g/mol. The van der Waals surface area contributed by atoms with Crippen LogP contribution < -0.4 is 0 Å². The molecule has 0 unspecified atom stereocenters. The largest absolute Gasteiger partial charge is 0.480 e. The number of hydrogen-bond acceptors (Lipinski definition) is 1. The van der Waals surface area contributed by atoms with Gasteiger partial charge in [-0.1, -0.05) is 11.6 Å². The van der Waals surface area contributed by atoms with Gasteiger partial charge < -0.3 is 9.67 Å². The Morgan fingerprint density at radius 3 is 2.93 bits per heavy atom. The van der Waals surface area contributed by atoms with Gasteiger partial charge in [-0.15, -0.1) is 0 Å². The van der Waals surface area contributed by atoms with Crippen molar-refractivity contribution >= 4 is 28.5 Å². The molecular formula is C11H10ClNO2. The number of hydrogen-bond donors (Lipinski definition) is 1. The first-order chi connectivity index (χ1) is 7.08. The lowest BCUT2D eigenvalue weighted by atomic mass is 10.2. The smallest absolute Gasteiger partial charge is 0.323 e. The molecule has 0 aliphatic rings. The molecule has 15 heavy (non-hydrogen) atoms. The monoisotopic (exact) mass is 223 g/mol. The molecule has 78 valence electrons. The molecule has 0 saturated carbocycles. The number of aryl methyl sites for hydroxylation is 1. The highest BCUT2D eigenvalue weighted by atomic mass is 35.5. The molecule has 0 spiro atoms. The summed E-state index contributed by atoms with van der Waals surface area (Å²) in [4.78, 5) is 10.6. The van der Waals surface area contributed by atoms with Crippen LogP contribution in [0.3, 0.4) is 0 Å². The quantitative estimate of drug-likeness (QED) is 0.851. The molecule has 1 heterocycles. The molecule has 0 amide bonds. The molecule has 0 aliphatic carbocycles. The fourth-order valence-electron chi connectivity index (χ4n) is 1.72. The van der Waals surface area contributed by atoms with Gasteiger partial charge in [-0.2, -0.15) is 0 Å². The van der Waals surface area contributed by atoms with Gasteiger partial charge in [0.15, 0.2) is 0 Å². The molecule has 0 fully saturated rings. The van der Waals surface area contributed by atoms with Gasteiger partial charge in [-0.3, -0.25) is 4.79 Å². The Hall–Kier alpha value is -1.48. The number of benzene rings is 1. The highest BCUT2D eigenvalue weighted by molar-refractivity contribution is 6.31. The van der Waals surface area contributed by atoms with E-state index in [1.54, 1.807) is 10.6 Å². The highest BCUT2D eigenvalue weighted by Crippen LogP contribution is 2.24. The normalized spacial score (nSPS) is 10.8. The molecule has 1 aromatic carbocycles. The fourth-order valence-corrected chi connectivity index (χ4v) is 1.90. The minimum atomic E-state index is -0.846. The second kappa shape index (κ2) is 3.59. The zero-order valence-corrected chi connectivity index (χ0v) is 8.95. The van der Waals surface area contributed by atoms with Crippen molar-refractivity contribution in [2.24, 2.45) is 0 Å². The van der Waals surface area contributed by atoms with Gasteiger partial charge in [0, 0.05) is 22.1 Å². The van der Waals surface area contributed by atoms with E-state index in [1.165, 1.54) is 0 Å². The van der Waals surface area contributed by atoms with Crippen LogP contribution in [-0.2, 0) is 11.3 Å². The molecule has 0 atom stereocenters. The molecule has 0 saturated heterocycles. The molecule has 1 aromatic heterocycles. The minimum absolute atomic E-state index is 0.0219. The molecule has 4 heteroatoms. The van der Waals surface area contributed by atoms with Crippen LogP contribution in [0.25, 0.3) is 10.9 Å². The maximum Gasteiger partial charge on any atom is 0.323 e. The van der Waals surface area contributed by atoms with E-state index in [1.807, 2.05) is 25.3 Å². The van der Waals surface area contributed by atoms with Crippen molar-refractivity contribution in [2.75, 3.05) is 0 Å². The van der Waals surface area contributed by atoms with Crippen LogP contribution in [0.4, 0.5) is 0 Å². The van der Waals surface area contributed by atoms with Crippen molar-refractivity contribution in [3.63, 3.8) is 0 Å². The Kier molecular flexibility index (Phi) is 2.40. The number of fused-ring (bicyclic) bond motifs is 1. The van der Waals surface area contributed by atoms with Gasteiger partial charge in [0.1, 0.15) is 6.54 Å². The van der Waals surface area contributed by atoms with Crippen molar-refractivity contribution in [1.82, 2.24) is 4.57 Å². The van der Waals surface area contributed by atoms with Crippen molar-refractivity contribution in [1.29, 1.82) is 0 Å². The van der Waals surface area contributed by atoms with Gasteiger partial charge in [0.25, 0.3) is 0 Å². The van der Waals surface area contributed by atoms with Crippen LogP contribution in [-0.4, -0.2) is 15.6 Å². The maximum absolute atomic E-state index is 10.6. The van der Waals surface area contributed by atoms with Crippen molar-refractivity contribution in [3.8, 4) is 0 Å². The first kappa shape index (κ1) is 10.1. The Bertz CT molecular complexity index is 531. The van der Waals surface area contributed by atoms with Gasteiger partial charge in [0.05, 0.1) is 0 Å². The van der Waals surface area contributed by atoms with Crippen LogP contribution >= 0.6 is 11.6 Å². The Balaban J connectivity index is 2.62. The van der Waals surface area contributed by atoms with Crippen LogP contribution in [0.5, 0.6) is 0 Å². The Labute approximate surface area is 91.9 Å². The lowest BCUT2D eigenvalue weighted by Crippen LogP contribution is -2.07. The van der Waals surface area contributed by atoms with E-state index in [0.29, 0.717) is 5.02 Å². The number of rotatable bonds is 2. The first-order valence-corrected chi connectivity index (χ1v) is 4.92. The minimum Gasteiger partial charge on any atom is -0.480 e. The summed E-state index contributed by atoms with van der Waals surface area (Å²) in [5, 5.41) is 10.4. The molecule has 0 bridgehead atoms. The summed E-state index contributed by atoms with van der Waals surface area (Å²) in [6.07, 6.45) is 1.83. The third kappa shape index (κ3) is 1.83. The Morgan fingerprint density at radius 2 is 2.27 bits per heavy atom. The van der Waals surface area contributed by atoms with Crippen molar-refractivity contribution in [2.45, 2.75) is 13.5 Å². The van der Waals surface area contributed by atoms with Crippen molar-refractivity contribution < 1.29 is 9.90 Å². The fraction of sp³-hybridized carbons (Fsp3) is 0.182. The van der Waals surface area contributed by atoms with E-state index >= 15 is 0 Å². The SMILES string of the molecule is Cc1cn(CC(=O)O)c2ccc(Cl)cc12. The standard InChI is InChI=1S/C11H10ClNO2/c1-7-5-13(6-11(14)15)10-3-2-8(12)4-9(7)10/h2-5H,6H2,1H3,(H,14,15). The van der Waals surface area contributed by atoms with E-state index in [-0.39, 0.29) is 6.54 Å². The topological polar surface area (TPSA) is 42.2 Å². The summed E-state index contributed by atoms with van der Waals surface area (Å²) in [6.45, 7) is 1.92. The second-order valence-electron chi connectivity index (χ2n) is 3.50. The average Bonchev–Trinajstić information content (AvgIpc) is 2.42. The van der Waals surface area contributed by atoms with E-state index in [2.05, 4.69) is 0 Å². The van der Waals surface area contributed by atoms with Crippen LogP contribution in [0.2, 0.25) is 5.02 Å². The number of nitrogens with zero attached hydrogens (tertiary/aromatic N) is 1. The van der Waals surface area contributed by atoms with Gasteiger partial charge >= 0.3 is 5.97 Å². The first-order valence-electron chi connectivity index (χ1n) is 4.55. The Morgan fingerprint density at radius 1 is 1.53 bits per heavy atom. The molecule has 0 aliphatic heterocycles. The number of aliphatic carboxylic acids is 1. The van der Waals surface area contributed by atoms with Gasteiger partial charge in [-0.25, -0.2) is 0 Å². The zero-order chi connectivity index (χ0) is 11.0. The predicted molar refractivity (Wildman–Crippen MR) is 59.3 cm³/mol. The lowest BCUT2D eigenvalue weighted by molar-refractivity contribution is -0.137. The number of carboxylic acid groups (broad SMARTS) is 1. The molecule has 0 radical (unpaired) electrons. The van der Waals surface area contributed by atoms with E-state index < -0.39 is 5.97 Å². The summed E-state index contributed by atoms with van der Waals surface area (Å²) < 4.78 is 1.71. The number of halogens is 1. The molecular weight excluding hydrogens is 214 g/mol. The summed E-state index contributed by atoms with van der Waals surface area (Å²) >= 11 is 5.88. The second-order valence-corrected chi connectivity index (χ2v) is 3.93. The zero-order valence-electron chi connectivity index (χ0n) is 8.20. The third-order valence-corrected chi connectivity index (χ3v) is 2.58. The number of carboxylic acids is 1. The van der Waals surface area contributed by atoms with Crippen LogP contribution in [0.1, 0.15) is 5.56 Å². The van der Waals surface area contributed by atoms with Crippen LogP contribution in [0.15, 0.2) is 24.4 Å². The molecule has 2 rings (SSSR count). The molecule has 1 N–H and O–H groups in total. The lowest BCUT2D eigenvalue weighted by Gasteiger charge is -2.00. The summed E-state index contributed by atoms with van der Waals surface area (Å²) in [6, 6.07) is 5.46. The third-order valence-electron chi connectivity index (χ3n) is 2.35. The molecule has 2 aromatic rings. The summed E-state index contributed by atoms with van der Waals surface area (Å²) in [5.74, 6) is -0.846. The number of aromatic nitrogens is 1. The highest BCUT2D eigenvalue weighted by Gasteiger charge is 2.07.